The van der Waals surface area contributed by atoms with E-state index in [4.69, 9.17) is 4.74 Å². The predicted molar refractivity (Wildman–Crippen MR) is 175 cm³/mol. The van der Waals surface area contributed by atoms with Crippen molar-refractivity contribution in [2.45, 2.75) is 45.3 Å². The Morgan fingerprint density at radius 2 is 1.56 bits per heavy atom. The molecule has 0 aliphatic carbocycles. The SMILES string of the molecule is CCCOc1ccc(C=CC(=O)N(Cc2ccc(N(C)c3ccncc3)cc2)C2CCN(Cc3ccccc3)CC2)cc1. The van der Waals surface area contributed by atoms with Crippen LogP contribution < -0.4 is 9.64 Å². The van der Waals surface area contributed by atoms with Crippen LogP contribution in [-0.2, 0) is 17.9 Å². The van der Waals surface area contributed by atoms with Crippen LogP contribution in [0.4, 0.5) is 11.4 Å². The first kappa shape index (κ1) is 30.1. The van der Waals surface area contributed by atoms with Gasteiger partial charge >= 0.3 is 0 Å². The fourth-order valence-electron chi connectivity index (χ4n) is 5.51. The second-order valence-corrected chi connectivity index (χ2v) is 11.1. The van der Waals surface area contributed by atoms with Crippen LogP contribution in [0, 0.1) is 0 Å². The van der Waals surface area contributed by atoms with E-state index in [9.17, 15) is 4.79 Å². The minimum Gasteiger partial charge on any atom is -0.494 e. The first-order valence-electron chi connectivity index (χ1n) is 15.3. The summed E-state index contributed by atoms with van der Waals surface area (Å²) in [6, 6.07) is 31.3. The van der Waals surface area contributed by atoms with E-state index in [0.717, 1.165) is 67.1 Å². The highest BCUT2D eigenvalue weighted by molar-refractivity contribution is 5.92. The molecule has 0 radical (unpaired) electrons. The van der Waals surface area contributed by atoms with E-state index in [2.05, 4.69) is 88.3 Å². The molecule has 6 nitrogen and oxygen atoms in total. The van der Waals surface area contributed by atoms with Gasteiger partial charge in [0, 0.05) is 69.1 Å². The standard InChI is InChI=1S/C37H42N4O2/c1-3-27-43-36-16-11-30(12-17-36)13-18-37(42)41(35-21-25-40(26-22-35)28-31-7-5-4-6-8-31)29-32-9-14-33(15-10-32)39(2)34-19-23-38-24-20-34/h4-20,23-24,35H,3,21-22,25-29H2,1-2H3. The molecule has 5 rings (SSSR count). The van der Waals surface area contributed by atoms with Crippen molar-refractivity contribution in [1.82, 2.24) is 14.8 Å². The Labute approximate surface area is 256 Å². The monoisotopic (exact) mass is 574 g/mol. The van der Waals surface area contributed by atoms with Gasteiger partial charge in [0.25, 0.3) is 0 Å². The molecule has 0 spiro atoms. The van der Waals surface area contributed by atoms with Crippen LogP contribution >= 0.6 is 0 Å². The first-order valence-corrected chi connectivity index (χ1v) is 15.3. The van der Waals surface area contributed by atoms with Gasteiger partial charge in [0.15, 0.2) is 0 Å². The maximum Gasteiger partial charge on any atom is 0.247 e. The zero-order chi connectivity index (χ0) is 29.9. The molecule has 0 unspecified atom stereocenters. The average Bonchev–Trinajstić information content (AvgIpc) is 3.07. The van der Waals surface area contributed by atoms with Gasteiger partial charge in [-0.05, 0) is 78.4 Å². The number of ether oxygens (including phenoxy) is 1. The maximum absolute atomic E-state index is 13.7. The van der Waals surface area contributed by atoms with Crippen molar-refractivity contribution in [3.8, 4) is 5.75 Å². The highest BCUT2D eigenvalue weighted by Crippen LogP contribution is 2.25. The largest absolute Gasteiger partial charge is 0.494 e. The molecular weight excluding hydrogens is 532 g/mol. The third-order valence-corrected chi connectivity index (χ3v) is 8.03. The minimum absolute atomic E-state index is 0.0470. The van der Waals surface area contributed by atoms with E-state index >= 15 is 0 Å². The van der Waals surface area contributed by atoms with E-state index < -0.39 is 0 Å². The average molecular weight is 575 g/mol. The van der Waals surface area contributed by atoms with Gasteiger partial charge in [-0.15, -0.1) is 0 Å². The third kappa shape index (κ3) is 8.55. The van der Waals surface area contributed by atoms with Gasteiger partial charge in [0.05, 0.1) is 6.61 Å². The van der Waals surface area contributed by atoms with Crippen LogP contribution in [0.1, 0.15) is 42.9 Å². The van der Waals surface area contributed by atoms with Crippen LogP contribution in [-0.4, -0.2) is 53.5 Å². The molecule has 3 aromatic carbocycles. The number of hydrogen-bond donors (Lipinski definition) is 0. The summed E-state index contributed by atoms with van der Waals surface area (Å²) < 4.78 is 5.70. The molecular formula is C37H42N4O2. The molecule has 6 heteroatoms. The molecule has 2 heterocycles. The number of nitrogens with zero attached hydrogens (tertiary/aromatic N) is 4. The number of amides is 1. The lowest BCUT2D eigenvalue weighted by Crippen LogP contribution is -2.46. The van der Waals surface area contributed by atoms with Gasteiger partial charge in [0.2, 0.25) is 5.91 Å². The molecule has 1 fully saturated rings. The molecule has 1 aromatic heterocycles. The Morgan fingerprint density at radius 3 is 2.23 bits per heavy atom. The summed E-state index contributed by atoms with van der Waals surface area (Å²) in [5.74, 6) is 0.901. The molecule has 43 heavy (non-hydrogen) atoms. The number of anilines is 2. The second-order valence-electron chi connectivity index (χ2n) is 11.1. The van der Waals surface area contributed by atoms with Crippen molar-refractivity contribution in [3.63, 3.8) is 0 Å². The molecule has 0 bridgehead atoms. The van der Waals surface area contributed by atoms with E-state index in [1.807, 2.05) is 42.5 Å². The quantitative estimate of drug-likeness (QED) is 0.166. The molecule has 4 aromatic rings. The lowest BCUT2D eigenvalue weighted by atomic mass is 10.0. The van der Waals surface area contributed by atoms with Crippen molar-refractivity contribution in [2.24, 2.45) is 0 Å². The summed E-state index contributed by atoms with van der Waals surface area (Å²) in [6.07, 6.45) is 10.1. The molecule has 1 saturated heterocycles. The zero-order valence-electron chi connectivity index (χ0n) is 25.3. The topological polar surface area (TPSA) is 48.9 Å². The van der Waals surface area contributed by atoms with Gasteiger partial charge in [0.1, 0.15) is 5.75 Å². The van der Waals surface area contributed by atoms with Crippen LogP contribution in [0.3, 0.4) is 0 Å². The first-order chi connectivity index (χ1) is 21.1. The predicted octanol–water partition coefficient (Wildman–Crippen LogP) is 7.34. The number of likely N-dealkylation sites (tertiary alicyclic amines) is 1. The van der Waals surface area contributed by atoms with Gasteiger partial charge in [-0.3, -0.25) is 14.7 Å². The fraction of sp³-hybridized carbons (Fsp3) is 0.297. The van der Waals surface area contributed by atoms with E-state index in [-0.39, 0.29) is 11.9 Å². The van der Waals surface area contributed by atoms with Gasteiger partial charge in [-0.2, -0.15) is 0 Å². The van der Waals surface area contributed by atoms with Crippen molar-refractivity contribution in [1.29, 1.82) is 0 Å². The summed E-state index contributed by atoms with van der Waals surface area (Å²) in [5.41, 5.74) is 5.61. The second kappa shape index (κ2) is 15.2. The molecule has 0 N–H and O–H groups in total. The number of piperidine rings is 1. The van der Waals surface area contributed by atoms with Crippen molar-refractivity contribution in [2.75, 3.05) is 31.6 Å². The Morgan fingerprint density at radius 1 is 0.884 bits per heavy atom. The summed E-state index contributed by atoms with van der Waals surface area (Å²) in [7, 11) is 2.05. The highest BCUT2D eigenvalue weighted by Gasteiger charge is 2.27. The Balaban J connectivity index is 1.28. The molecule has 1 amide bonds. The van der Waals surface area contributed by atoms with E-state index in [0.29, 0.717) is 13.2 Å². The molecule has 222 valence electrons. The number of hydrogen-bond acceptors (Lipinski definition) is 5. The zero-order valence-corrected chi connectivity index (χ0v) is 25.3. The summed E-state index contributed by atoms with van der Waals surface area (Å²) in [6.45, 7) is 6.27. The van der Waals surface area contributed by atoms with Crippen LogP contribution in [0.15, 0.2) is 109 Å². The van der Waals surface area contributed by atoms with Crippen molar-refractivity contribution < 1.29 is 9.53 Å². The Bertz CT molecular complexity index is 1430. The van der Waals surface area contributed by atoms with Crippen LogP contribution in [0.5, 0.6) is 5.75 Å². The van der Waals surface area contributed by atoms with Gasteiger partial charge in [-0.1, -0.05) is 61.5 Å². The van der Waals surface area contributed by atoms with Gasteiger partial charge in [-0.25, -0.2) is 0 Å². The number of carbonyl (C=O) groups excluding carboxylic acids is 1. The summed E-state index contributed by atoms with van der Waals surface area (Å²) in [5, 5.41) is 0. The maximum atomic E-state index is 13.7. The number of rotatable bonds is 12. The molecule has 0 atom stereocenters. The van der Waals surface area contributed by atoms with Crippen molar-refractivity contribution >= 4 is 23.4 Å². The van der Waals surface area contributed by atoms with Crippen LogP contribution in [0.25, 0.3) is 6.08 Å². The fourth-order valence-corrected chi connectivity index (χ4v) is 5.51. The van der Waals surface area contributed by atoms with Crippen LogP contribution in [0.2, 0.25) is 0 Å². The minimum atomic E-state index is 0.0470. The molecule has 1 aliphatic heterocycles. The van der Waals surface area contributed by atoms with E-state index in [1.54, 1.807) is 18.5 Å². The van der Waals surface area contributed by atoms with Crippen molar-refractivity contribution in [3.05, 3.63) is 126 Å². The third-order valence-electron chi connectivity index (χ3n) is 8.03. The number of pyridine rings is 1. The highest BCUT2D eigenvalue weighted by atomic mass is 16.5. The number of carbonyl (C=O) groups is 1. The van der Waals surface area contributed by atoms with Gasteiger partial charge < -0.3 is 14.5 Å². The number of benzene rings is 3. The lowest BCUT2D eigenvalue weighted by Gasteiger charge is -2.38. The Hall–Kier alpha value is -4.42. The molecule has 1 aliphatic rings. The lowest BCUT2D eigenvalue weighted by molar-refractivity contribution is -0.130. The summed E-state index contributed by atoms with van der Waals surface area (Å²) >= 11 is 0. The number of aromatic nitrogens is 1. The molecule has 0 saturated carbocycles. The van der Waals surface area contributed by atoms with E-state index in [1.165, 1.54) is 5.56 Å². The normalized spacial score (nSPS) is 14.1. The smallest absolute Gasteiger partial charge is 0.247 e. The Kier molecular flexibility index (Phi) is 10.6. The summed E-state index contributed by atoms with van der Waals surface area (Å²) in [4.78, 5) is 24.6.